The third kappa shape index (κ3) is 4.45. The van der Waals surface area contributed by atoms with Gasteiger partial charge in [0, 0.05) is 23.5 Å². The van der Waals surface area contributed by atoms with Gasteiger partial charge in [0.05, 0.1) is 13.2 Å². The highest BCUT2D eigenvalue weighted by molar-refractivity contribution is 5.95. The first kappa shape index (κ1) is 19.1. The molecule has 0 bridgehead atoms. The summed E-state index contributed by atoms with van der Waals surface area (Å²) in [6.07, 6.45) is 10.3. The van der Waals surface area contributed by atoms with Gasteiger partial charge in [-0.1, -0.05) is 30.4 Å². The number of hydrogen-bond donors (Lipinski definition) is 1. The van der Waals surface area contributed by atoms with Gasteiger partial charge in [0.2, 0.25) is 0 Å². The number of hydrogen-bond acceptors (Lipinski definition) is 4. The summed E-state index contributed by atoms with van der Waals surface area (Å²) in [6, 6.07) is 13.8. The SMILES string of the molecule is COc1ccccc1OCC1C=CC=CN1c1cc(C(=O)NC2CC2)ccc1C. The second-order valence-electron chi connectivity index (χ2n) is 7.41. The number of ether oxygens (including phenoxy) is 2. The summed E-state index contributed by atoms with van der Waals surface area (Å²) in [6.45, 7) is 2.52. The van der Waals surface area contributed by atoms with Crippen LogP contribution >= 0.6 is 0 Å². The van der Waals surface area contributed by atoms with E-state index in [1.807, 2.05) is 60.8 Å². The van der Waals surface area contributed by atoms with Crippen molar-refractivity contribution in [3.05, 3.63) is 78.0 Å². The van der Waals surface area contributed by atoms with Crippen LogP contribution in [0.2, 0.25) is 0 Å². The van der Waals surface area contributed by atoms with Gasteiger partial charge in [-0.15, -0.1) is 0 Å². The number of anilines is 1. The molecule has 0 radical (unpaired) electrons. The minimum absolute atomic E-state index is 0.00496. The van der Waals surface area contributed by atoms with Gasteiger partial charge in [-0.3, -0.25) is 4.79 Å². The van der Waals surface area contributed by atoms with Crippen LogP contribution in [0.5, 0.6) is 11.5 Å². The van der Waals surface area contributed by atoms with Gasteiger partial charge in [0.25, 0.3) is 5.91 Å². The standard InChI is InChI=1S/C24H26N2O3/c1-17-10-11-18(24(27)25-19-12-13-19)15-21(17)26-14-6-5-7-20(26)16-29-23-9-4-3-8-22(23)28-2/h3-11,14-15,19-20H,12-13,16H2,1-2H3,(H,25,27). The molecule has 2 aliphatic rings. The highest BCUT2D eigenvalue weighted by Crippen LogP contribution is 2.29. The number of carbonyl (C=O) groups is 1. The normalized spacial score (nSPS) is 17.9. The minimum Gasteiger partial charge on any atom is -0.493 e. The molecular formula is C24H26N2O3. The number of methoxy groups -OCH3 is 1. The Morgan fingerprint density at radius 3 is 2.69 bits per heavy atom. The monoisotopic (exact) mass is 390 g/mol. The largest absolute Gasteiger partial charge is 0.493 e. The highest BCUT2D eigenvalue weighted by atomic mass is 16.5. The Kier molecular flexibility index (Phi) is 5.56. The Hall–Kier alpha value is -3.21. The second-order valence-corrected chi connectivity index (χ2v) is 7.41. The lowest BCUT2D eigenvalue weighted by atomic mass is 10.1. The van der Waals surface area contributed by atoms with E-state index in [0.29, 0.717) is 29.7 Å². The molecule has 29 heavy (non-hydrogen) atoms. The van der Waals surface area contributed by atoms with E-state index in [4.69, 9.17) is 9.47 Å². The average Bonchev–Trinajstić information content (AvgIpc) is 3.57. The zero-order valence-electron chi connectivity index (χ0n) is 16.8. The fraction of sp³-hybridized carbons (Fsp3) is 0.292. The summed E-state index contributed by atoms with van der Waals surface area (Å²) in [7, 11) is 1.64. The van der Waals surface area contributed by atoms with Gasteiger partial charge < -0.3 is 19.7 Å². The molecule has 150 valence electrons. The third-order valence-corrected chi connectivity index (χ3v) is 5.19. The highest BCUT2D eigenvalue weighted by Gasteiger charge is 2.25. The van der Waals surface area contributed by atoms with Gasteiger partial charge in [-0.2, -0.15) is 0 Å². The number of nitrogens with one attached hydrogen (secondary N) is 1. The summed E-state index contributed by atoms with van der Waals surface area (Å²) in [5, 5.41) is 3.06. The lowest BCUT2D eigenvalue weighted by Gasteiger charge is -2.32. The van der Waals surface area contributed by atoms with Crippen molar-refractivity contribution in [1.29, 1.82) is 0 Å². The molecule has 1 fully saturated rings. The predicted molar refractivity (Wildman–Crippen MR) is 115 cm³/mol. The van der Waals surface area contributed by atoms with E-state index in [0.717, 1.165) is 24.1 Å². The molecule has 1 atom stereocenters. The van der Waals surface area contributed by atoms with Crippen LogP contribution in [0.1, 0.15) is 28.8 Å². The molecule has 0 aromatic heterocycles. The van der Waals surface area contributed by atoms with E-state index in [1.54, 1.807) is 7.11 Å². The number of amides is 1. The van der Waals surface area contributed by atoms with E-state index in [1.165, 1.54) is 0 Å². The van der Waals surface area contributed by atoms with E-state index < -0.39 is 0 Å². The summed E-state index contributed by atoms with van der Waals surface area (Å²) < 4.78 is 11.4. The summed E-state index contributed by atoms with van der Waals surface area (Å²) in [4.78, 5) is 14.7. The van der Waals surface area contributed by atoms with Crippen LogP contribution in [-0.4, -0.2) is 31.7 Å². The van der Waals surface area contributed by atoms with E-state index in [9.17, 15) is 4.79 Å². The molecule has 0 saturated heterocycles. The lowest BCUT2D eigenvalue weighted by Crippen LogP contribution is -2.36. The van der Waals surface area contributed by atoms with E-state index in [2.05, 4.69) is 23.2 Å². The predicted octanol–water partition coefficient (Wildman–Crippen LogP) is 4.23. The molecule has 1 aliphatic heterocycles. The molecule has 1 saturated carbocycles. The average molecular weight is 390 g/mol. The molecule has 5 nitrogen and oxygen atoms in total. The van der Waals surface area contributed by atoms with E-state index in [-0.39, 0.29) is 11.9 Å². The lowest BCUT2D eigenvalue weighted by molar-refractivity contribution is 0.0951. The molecule has 0 spiro atoms. The Labute approximate surface area is 171 Å². The molecule has 2 aromatic rings. The quantitative estimate of drug-likeness (QED) is 0.769. The molecule has 4 rings (SSSR count). The molecule has 2 aromatic carbocycles. The maximum atomic E-state index is 12.5. The molecule has 5 heteroatoms. The van der Waals surface area contributed by atoms with Gasteiger partial charge >= 0.3 is 0 Å². The van der Waals surface area contributed by atoms with Crippen molar-refractivity contribution in [2.75, 3.05) is 18.6 Å². The number of para-hydroxylation sites is 2. The Morgan fingerprint density at radius 1 is 1.14 bits per heavy atom. The van der Waals surface area contributed by atoms with Crippen molar-refractivity contribution >= 4 is 11.6 Å². The van der Waals surface area contributed by atoms with Crippen molar-refractivity contribution in [2.45, 2.75) is 31.8 Å². The number of aryl methyl sites for hydroxylation is 1. The fourth-order valence-electron chi connectivity index (χ4n) is 3.37. The van der Waals surface area contributed by atoms with Crippen LogP contribution in [-0.2, 0) is 0 Å². The summed E-state index contributed by atoms with van der Waals surface area (Å²) in [5.74, 6) is 1.42. The zero-order valence-corrected chi connectivity index (χ0v) is 16.8. The van der Waals surface area contributed by atoms with Gasteiger partial charge in [-0.25, -0.2) is 0 Å². The Balaban J connectivity index is 1.53. The molecule has 1 aliphatic carbocycles. The number of carbonyl (C=O) groups excluding carboxylic acids is 1. The molecule has 1 unspecified atom stereocenters. The van der Waals surface area contributed by atoms with Crippen LogP contribution in [0, 0.1) is 6.92 Å². The number of nitrogens with zero attached hydrogens (tertiary/aromatic N) is 1. The summed E-state index contributed by atoms with van der Waals surface area (Å²) in [5.41, 5.74) is 2.79. The Morgan fingerprint density at radius 2 is 1.93 bits per heavy atom. The number of benzene rings is 2. The van der Waals surface area contributed by atoms with Crippen LogP contribution in [0.25, 0.3) is 0 Å². The second kappa shape index (κ2) is 8.43. The van der Waals surface area contributed by atoms with Crippen molar-refractivity contribution < 1.29 is 14.3 Å². The van der Waals surface area contributed by atoms with Crippen LogP contribution in [0.15, 0.2) is 66.9 Å². The maximum absolute atomic E-state index is 12.5. The van der Waals surface area contributed by atoms with Crippen LogP contribution < -0.4 is 19.7 Å². The molecule has 1 amide bonds. The number of allylic oxidation sites excluding steroid dienone is 2. The van der Waals surface area contributed by atoms with Crippen molar-refractivity contribution in [1.82, 2.24) is 5.32 Å². The summed E-state index contributed by atoms with van der Waals surface area (Å²) >= 11 is 0. The first-order valence-corrected chi connectivity index (χ1v) is 9.96. The first-order chi connectivity index (χ1) is 14.2. The molecule has 1 N–H and O–H groups in total. The molecule has 1 heterocycles. The van der Waals surface area contributed by atoms with Gasteiger partial charge in [-0.05, 0) is 55.7 Å². The maximum Gasteiger partial charge on any atom is 0.251 e. The zero-order chi connectivity index (χ0) is 20.2. The third-order valence-electron chi connectivity index (χ3n) is 5.19. The van der Waals surface area contributed by atoms with E-state index >= 15 is 0 Å². The molecular weight excluding hydrogens is 364 g/mol. The first-order valence-electron chi connectivity index (χ1n) is 9.96. The van der Waals surface area contributed by atoms with Gasteiger partial charge in [0.15, 0.2) is 11.5 Å². The number of rotatable bonds is 7. The topological polar surface area (TPSA) is 50.8 Å². The smallest absolute Gasteiger partial charge is 0.251 e. The van der Waals surface area contributed by atoms with Gasteiger partial charge in [0.1, 0.15) is 6.61 Å². The van der Waals surface area contributed by atoms with Crippen LogP contribution in [0.4, 0.5) is 5.69 Å². The van der Waals surface area contributed by atoms with Crippen LogP contribution in [0.3, 0.4) is 0 Å². The van der Waals surface area contributed by atoms with Crippen molar-refractivity contribution in [3.8, 4) is 11.5 Å². The minimum atomic E-state index is -0.00731. The van der Waals surface area contributed by atoms with Crippen molar-refractivity contribution in [2.24, 2.45) is 0 Å². The fourth-order valence-corrected chi connectivity index (χ4v) is 3.37. The van der Waals surface area contributed by atoms with Crippen molar-refractivity contribution in [3.63, 3.8) is 0 Å². The Bertz CT molecular complexity index is 947.